The van der Waals surface area contributed by atoms with Crippen molar-refractivity contribution in [3.05, 3.63) is 113 Å². The summed E-state index contributed by atoms with van der Waals surface area (Å²) in [6, 6.07) is 28.5. The molecule has 2 heterocycles. The summed E-state index contributed by atoms with van der Waals surface area (Å²) in [6.45, 7) is 0.348. The van der Waals surface area contributed by atoms with Crippen molar-refractivity contribution in [3.8, 4) is 11.3 Å². The average Bonchev–Trinajstić information content (AvgIpc) is 3.33. The highest BCUT2D eigenvalue weighted by Gasteiger charge is 2.23. The molecule has 1 amide bonds. The van der Waals surface area contributed by atoms with E-state index in [-0.39, 0.29) is 11.6 Å². The van der Waals surface area contributed by atoms with Crippen LogP contribution in [0, 0.1) is 0 Å². The Morgan fingerprint density at radius 1 is 0.906 bits per heavy atom. The first-order valence-corrected chi connectivity index (χ1v) is 10.5. The van der Waals surface area contributed by atoms with Crippen molar-refractivity contribution >= 4 is 34.1 Å². The van der Waals surface area contributed by atoms with Gasteiger partial charge in [-0.2, -0.15) is 0 Å². The molecule has 0 atom stereocenters. The Hall–Kier alpha value is -3.96. The molecule has 6 heteroatoms. The van der Waals surface area contributed by atoms with E-state index >= 15 is 0 Å². The monoisotopic (exact) mass is 439 g/mol. The van der Waals surface area contributed by atoms with Crippen LogP contribution in [0.5, 0.6) is 0 Å². The number of benzene rings is 3. The molecule has 0 saturated heterocycles. The number of anilines is 1. The molecular weight excluding hydrogens is 422 g/mol. The molecular formula is C26H18ClN3O2. The molecule has 5 rings (SSSR count). The minimum Gasteiger partial charge on any atom is -0.355 e. The Balaban J connectivity index is 1.51. The average molecular weight is 440 g/mol. The molecule has 0 aliphatic heterocycles. The zero-order chi connectivity index (χ0) is 21.9. The maximum Gasteiger partial charge on any atom is 0.281 e. The van der Waals surface area contributed by atoms with Gasteiger partial charge in [0.1, 0.15) is 5.82 Å². The van der Waals surface area contributed by atoms with Gasteiger partial charge in [-0.25, -0.2) is 4.98 Å². The second-order valence-electron chi connectivity index (χ2n) is 7.30. The lowest BCUT2D eigenvalue weighted by Crippen LogP contribution is -2.31. The number of fused-ring (bicyclic) bond motifs is 1. The first-order chi connectivity index (χ1) is 15.7. The van der Waals surface area contributed by atoms with Crippen molar-refractivity contribution in [2.24, 2.45) is 0 Å². The van der Waals surface area contributed by atoms with Crippen LogP contribution in [-0.2, 0) is 6.54 Å². The van der Waals surface area contributed by atoms with E-state index in [0.717, 1.165) is 21.9 Å². The van der Waals surface area contributed by atoms with Crippen LogP contribution in [0.1, 0.15) is 16.1 Å². The normalized spacial score (nSPS) is 10.9. The number of nitrogens with zero attached hydrogens (tertiary/aromatic N) is 3. The molecule has 0 spiro atoms. The van der Waals surface area contributed by atoms with Crippen molar-refractivity contribution in [2.45, 2.75) is 6.54 Å². The van der Waals surface area contributed by atoms with E-state index < -0.39 is 0 Å². The third kappa shape index (κ3) is 3.98. The molecule has 0 radical (unpaired) electrons. The molecule has 0 unspecified atom stereocenters. The van der Waals surface area contributed by atoms with Crippen LogP contribution in [-0.4, -0.2) is 16.0 Å². The smallest absolute Gasteiger partial charge is 0.281 e. The Morgan fingerprint density at radius 2 is 1.69 bits per heavy atom. The summed E-state index contributed by atoms with van der Waals surface area (Å²) in [4.78, 5) is 19.6. The van der Waals surface area contributed by atoms with Gasteiger partial charge in [0.2, 0.25) is 0 Å². The first-order valence-electron chi connectivity index (χ1n) is 10.1. The standard InChI is InChI=1S/C26H18ClN3O2/c27-21-13-11-19(12-14-21)24-16-23(29-32-24)26(31)30(25-10-3-4-15-28-25)17-20-8-5-7-18-6-1-2-9-22(18)20/h1-16H,17H2. The second-order valence-corrected chi connectivity index (χ2v) is 7.74. The molecule has 156 valence electrons. The lowest BCUT2D eigenvalue weighted by atomic mass is 10.0. The van der Waals surface area contributed by atoms with Gasteiger partial charge in [-0.15, -0.1) is 0 Å². The number of rotatable bonds is 5. The van der Waals surface area contributed by atoms with Crippen LogP contribution in [0.2, 0.25) is 5.02 Å². The highest BCUT2D eigenvalue weighted by Crippen LogP contribution is 2.26. The van der Waals surface area contributed by atoms with E-state index in [1.807, 2.05) is 54.6 Å². The van der Waals surface area contributed by atoms with E-state index in [1.165, 1.54) is 0 Å². The predicted octanol–water partition coefficient (Wildman–Crippen LogP) is 6.39. The second kappa shape index (κ2) is 8.65. The topological polar surface area (TPSA) is 59.2 Å². The van der Waals surface area contributed by atoms with Crippen molar-refractivity contribution in [1.82, 2.24) is 10.1 Å². The summed E-state index contributed by atoms with van der Waals surface area (Å²) in [5.74, 6) is 0.748. The van der Waals surface area contributed by atoms with Crippen LogP contribution in [0.4, 0.5) is 5.82 Å². The zero-order valence-electron chi connectivity index (χ0n) is 17.0. The fourth-order valence-corrected chi connectivity index (χ4v) is 3.76. The van der Waals surface area contributed by atoms with E-state index in [0.29, 0.717) is 23.1 Å². The number of hydrogen-bond acceptors (Lipinski definition) is 4. The lowest BCUT2D eigenvalue weighted by molar-refractivity contribution is 0.0976. The summed E-state index contributed by atoms with van der Waals surface area (Å²) in [5, 5.41) is 6.87. The van der Waals surface area contributed by atoms with Gasteiger partial charge in [0.05, 0.1) is 6.54 Å². The van der Waals surface area contributed by atoms with Crippen LogP contribution in [0.3, 0.4) is 0 Å². The molecule has 32 heavy (non-hydrogen) atoms. The van der Waals surface area contributed by atoms with Crippen LogP contribution < -0.4 is 4.90 Å². The summed E-state index contributed by atoms with van der Waals surface area (Å²) in [6.07, 6.45) is 1.67. The summed E-state index contributed by atoms with van der Waals surface area (Å²) < 4.78 is 5.46. The zero-order valence-corrected chi connectivity index (χ0v) is 17.7. The van der Waals surface area contributed by atoms with Gasteiger partial charge < -0.3 is 4.52 Å². The fourth-order valence-electron chi connectivity index (χ4n) is 3.64. The Labute approximate surface area is 189 Å². The van der Waals surface area contributed by atoms with Crippen molar-refractivity contribution in [1.29, 1.82) is 0 Å². The molecule has 5 aromatic rings. The third-order valence-corrected chi connectivity index (χ3v) is 5.49. The number of hydrogen-bond donors (Lipinski definition) is 0. The molecule has 3 aromatic carbocycles. The number of carbonyl (C=O) groups is 1. The number of amides is 1. The van der Waals surface area contributed by atoms with Gasteiger partial charge in [0.25, 0.3) is 5.91 Å². The Kier molecular flexibility index (Phi) is 5.40. The van der Waals surface area contributed by atoms with E-state index in [4.69, 9.17) is 16.1 Å². The summed E-state index contributed by atoms with van der Waals surface area (Å²) in [5.41, 5.74) is 2.02. The minimum atomic E-state index is -0.291. The Morgan fingerprint density at radius 3 is 2.50 bits per heavy atom. The van der Waals surface area contributed by atoms with Gasteiger partial charge in [0.15, 0.2) is 11.5 Å². The van der Waals surface area contributed by atoms with Crippen molar-refractivity contribution in [3.63, 3.8) is 0 Å². The summed E-state index contributed by atoms with van der Waals surface area (Å²) in [7, 11) is 0. The van der Waals surface area contributed by atoms with Gasteiger partial charge in [-0.3, -0.25) is 9.69 Å². The summed E-state index contributed by atoms with van der Waals surface area (Å²) >= 11 is 5.97. The fraction of sp³-hybridized carbons (Fsp3) is 0.0385. The number of carbonyl (C=O) groups excluding carboxylic acids is 1. The maximum atomic E-state index is 13.5. The molecule has 0 N–H and O–H groups in total. The van der Waals surface area contributed by atoms with Gasteiger partial charge in [0, 0.05) is 22.8 Å². The molecule has 5 nitrogen and oxygen atoms in total. The highest BCUT2D eigenvalue weighted by molar-refractivity contribution is 6.30. The van der Waals surface area contributed by atoms with Crippen molar-refractivity contribution in [2.75, 3.05) is 4.90 Å². The molecule has 0 fully saturated rings. The van der Waals surface area contributed by atoms with Crippen molar-refractivity contribution < 1.29 is 9.32 Å². The van der Waals surface area contributed by atoms with Gasteiger partial charge >= 0.3 is 0 Å². The number of pyridine rings is 1. The van der Waals surface area contributed by atoms with E-state index in [9.17, 15) is 4.79 Å². The van der Waals surface area contributed by atoms with Crippen LogP contribution in [0.25, 0.3) is 22.1 Å². The van der Waals surface area contributed by atoms with Gasteiger partial charge in [-0.1, -0.05) is 65.3 Å². The molecule has 0 aliphatic rings. The molecule has 0 aliphatic carbocycles. The minimum absolute atomic E-state index is 0.209. The first kappa shape index (κ1) is 20.0. The third-order valence-electron chi connectivity index (χ3n) is 5.24. The number of halogens is 1. The largest absolute Gasteiger partial charge is 0.355 e. The van der Waals surface area contributed by atoms with E-state index in [1.54, 1.807) is 29.3 Å². The lowest BCUT2D eigenvalue weighted by Gasteiger charge is -2.21. The molecule has 2 aromatic heterocycles. The Bertz CT molecular complexity index is 1380. The van der Waals surface area contributed by atoms with Gasteiger partial charge in [-0.05, 0) is 52.7 Å². The predicted molar refractivity (Wildman–Crippen MR) is 126 cm³/mol. The molecule has 0 bridgehead atoms. The molecule has 0 saturated carbocycles. The quantitative estimate of drug-likeness (QED) is 0.318. The van der Waals surface area contributed by atoms with E-state index in [2.05, 4.69) is 28.3 Å². The van der Waals surface area contributed by atoms with Crippen LogP contribution in [0.15, 0.2) is 102 Å². The number of aromatic nitrogens is 2. The maximum absolute atomic E-state index is 13.5. The highest BCUT2D eigenvalue weighted by atomic mass is 35.5. The van der Waals surface area contributed by atoms with Crippen LogP contribution >= 0.6 is 11.6 Å². The SMILES string of the molecule is O=C(c1cc(-c2ccc(Cl)cc2)on1)N(Cc1cccc2ccccc12)c1ccccn1.